The normalized spacial score (nSPS) is 12.6. The third-order valence-corrected chi connectivity index (χ3v) is 8.22. The molecule has 0 fully saturated rings. The Balaban J connectivity index is 1.71. The van der Waals surface area contributed by atoms with Gasteiger partial charge in [0.05, 0.1) is 25.3 Å². The minimum absolute atomic E-state index is 0.00528. The minimum Gasteiger partial charge on any atom is -0.598 e. The van der Waals surface area contributed by atoms with E-state index < -0.39 is 33.7 Å². The average Bonchev–Trinajstić information content (AvgIpc) is 3.36. The van der Waals surface area contributed by atoms with E-state index in [-0.39, 0.29) is 43.7 Å². The van der Waals surface area contributed by atoms with Gasteiger partial charge in [-0.25, -0.2) is 8.78 Å². The van der Waals surface area contributed by atoms with E-state index in [1.807, 2.05) is 45.2 Å². The lowest BCUT2D eigenvalue weighted by atomic mass is 9.98. The SMILES string of the molecule is CCOC(=O)Cc1ccc(F)cc1OCc1cc(-c2ccnc(CN[S+]([O-])C(C)(C)C)c2F)c2ccn(C(C)C)c2c1. The molecule has 1 unspecified atom stereocenters. The number of nitrogens with zero attached hydrogens (tertiary/aromatic N) is 2. The number of benzene rings is 2. The van der Waals surface area contributed by atoms with Crippen molar-refractivity contribution in [2.45, 2.75) is 71.9 Å². The molecule has 4 rings (SSSR count). The van der Waals surface area contributed by atoms with Crippen LogP contribution in [0.5, 0.6) is 5.75 Å². The van der Waals surface area contributed by atoms with E-state index >= 15 is 4.39 Å². The van der Waals surface area contributed by atoms with E-state index in [0.29, 0.717) is 16.7 Å². The number of halogens is 2. The average molecular weight is 598 g/mol. The fourth-order valence-corrected chi connectivity index (χ4v) is 5.28. The zero-order valence-electron chi connectivity index (χ0n) is 24.8. The molecule has 10 heteroatoms. The third-order valence-electron chi connectivity index (χ3n) is 6.70. The lowest BCUT2D eigenvalue weighted by Crippen LogP contribution is -2.39. The van der Waals surface area contributed by atoms with E-state index in [1.165, 1.54) is 24.4 Å². The molecule has 0 saturated carbocycles. The van der Waals surface area contributed by atoms with Crippen LogP contribution < -0.4 is 9.46 Å². The number of pyridine rings is 1. The summed E-state index contributed by atoms with van der Waals surface area (Å²) in [6.07, 6.45) is 3.45. The van der Waals surface area contributed by atoms with Crippen molar-refractivity contribution in [1.82, 2.24) is 14.3 Å². The molecular formula is C32H37F2N3O4S. The van der Waals surface area contributed by atoms with Crippen LogP contribution in [0.3, 0.4) is 0 Å². The van der Waals surface area contributed by atoms with Crippen LogP contribution >= 0.6 is 0 Å². The van der Waals surface area contributed by atoms with E-state index in [2.05, 4.69) is 28.1 Å². The Kier molecular flexibility index (Phi) is 9.91. The highest BCUT2D eigenvalue weighted by Crippen LogP contribution is 2.35. The number of hydrogen-bond donors (Lipinski definition) is 1. The first-order valence-electron chi connectivity index (χ1n) is 13.9. The predicted octanol–water partition coefficient (Wildman–Crippen LogP) is 6.80. The number of carbonyl (C=O) groups excluding carboxylic acids is 1. The zero-order chi connectivity index (χ0) is 30.6. The standard InChI is InChI=1S/C32H37F2N3O4S/c1-7-40-30(38)16-22-8-9-23(33)17-29(22)41-19-21-14-26(24-11-13-37(20(2)3)28(24)15-21)25-10-12-35-27(31(25)34)18-36-42(39)32(4,5)6/h8-15,17,20,36H,7,16,18-19H2,1-6H3. The van der Waals surface area contributed by atoms with Crippen molar-refractivity contribution >= 4 is 28.2 Å². The summed E-state index contributed by atoms with van der Waals surface area (Å²) in [5.74, 6) is -1.19. The van der Waals surface area contributed by atoms with Crippen LogP contribution in [0.1, 0.15) is 64.4 Å². The van der Waals surface area contributed by atoms with E-state index in [4.69, 9.17) is 9.47 Å². The molecular weight excluding hydrogens is 560 g/mol. The topological polar surface area (TPSA) is 88.4 Å². The first kappa shape index (κ1) is 31.5. The molecule has 0 aliphatic carbocycles. The molecule has 7 nitrogen and oxygen atoms in total. The van der Waals surface area contributed by atoms with Gasteiger partial charge < -0.3 is 18.6 Å². The second-order valence-electron chi connectivity index (χ2n) is 11.2. The highest BCUT2D eigenvalue weighted by atomic mass is 32.2. The molecule has 0 spiro atoms. The smallest absolute Gasteiger partial charge is 0.310 e. The first-order chi connectivity index (χ1) is 19.9. The Morgan fingerprint density at radius 2 is 1.88 bits per heavy atom. The number of hydrogen-bond acceptors (Lipinski definition) is 6. The molecule has 2 aromatic carbocycles. The largest absolute Gasteiger partial charge is 0.598 e. The Hall–Kier alpha value is -3.47. The highest BCUT2D eigenvalue weighted by molar-refractivity contribution is 7.90. The van der Waals surface area contributed by atoms with Crippen molar-refractivity contribution in [2.75, 3.05) is 6.61 Å². The fraction of sp³-hybridized carbons (Fsp3) is 0.375. The molecule has 0 aliphatic heterocycles. The number of aromatic nitrogens is 2. The van der Waals surface area contributed by atoms with Gasteiger partial charge in [0.2, 0.25) is 0 Å². The molecule has 1 N–H and O–H groups in total. The number of fused-ring (bicyclic) bond motifs is 1. The Labute approximate surface area is 248 Å². The molecule has 0 radical (unpaired) electrons. The van der Waals surface area contributed by atoms with Crippen LogP contribution in [-0.2, 0) is 40.5 Å². The Bertz CT molecular complexity index is 1570. The van der Waals surface area contributed by atoms with Gasteiger partial charge in [-0.05, 0) is 83.0 Å². The van der Waals surface area contributed by atoms with Gasteiger partial charge in [-0.15, -0.1) is 4.72 Å². The Morgan fingerprint density at radius 3 is 2.57 bits per heavy atom. The van der Waals surface area contributed by atoms with E-state index in [0.717, 1.165) is 16.5 Å². The van der Waals surface area contributed by atoms with Gasteiger partial charge in [0.25, 0.3) is 0 Å². The summed E-state index contributed by atoms with van der Waals surface area (Å²) in [6, 6.07) is 11.6. The maximum absolute atomic E-state index is 15.9. The third kappa shape index (κ3) is 7.29. The van der Waals surface area contributed by atoms with Gasteiger partial charge in [0.15, 0.2) is 5.82 Å². The molecule has 0 saturated heterocycles. The molecule has 0 aliphatic rings. The highest BCUT2D eigenvalue weighted by Gasteiger charge is 2.27. The second kappa shape index (κ2) is 13.2. The summed E-state index contributed by atoms with van der Waals surface area (Å²) in [6.45, 7) is 11.6. The van der Waals surface area contributed by atoms with Crippen LogP contribution in [0.25, 0.3) is 22.0 Å². The number of ether oxygens (including phenoxy) is 2. The van der Waals surface area contributed by atoms with Gasteiger partial charge in [-0.3, -0.25) is 9.78 Å². The monoisotopic (exact) mass is 597 g/mol. The van der Waals surface area contributed by atoms with Crippen LogP contribution in [0.15, 0.2) is 54.9 Å². The molecule has 2 aromatic heterocycles. The van der Waals surface area contributed by atoms with Crippen molar-refractivity contribution in [1.29, 1.82) is 0 Å². The van der Waals surface area contributed by atoms with Gasteiger partial charge in [-0.2, -0.15) is 0 Å². The van der Waals surface area contributed by atoms with E-state index in [1.54, 1.807) is 13.0 Å². The molecule has 0 amide bonds. The Morgan fingerprint density at radius 1 is 1.12 bits per heavy atom. The van der Waals surface area contributed by atoms with Gasteiger partial charge in [0.1, 0.15) is 22.9 Å². The molecule has 42 heavy (non-hydrogen) atoms. The van der Waals surface area contributed by atoms with Crippen LogP contribution in [0, 0.1) is 11.6 Å². The molecule has 0 bridgehead atoms. The zero-order valence-corrected chi connectivity index (χ0v) is 25.6. The summed E-state index contributed by atoms with van der Waals surface area (Å²) in [5, 5.41) is 0.850. The summed E-state index contributed by atoms with van der Waals surface area (Å²) in [4.78, 5) is 16.3. The number of carbonyl (C=O) groups is 1. The molecule has 224 valence electrons. The predicted molar refractivity (Wildman–Crippen MR) is 161 cm³/mol. The number of rotatable bonds is 11. The van der Waals surface area contributed by atoms with Gasteiger partial charge in [0, 0.05) is 57.9 Å². The first-order valence-corrected chi connectivity index (χ1v) is 15.0. The second-order valence-corrected chi connectivity index (χ2v) is 13.3. The van der Waals surface area contributed by atoms with Crippen LogP contribution in [0.2, 0.25) is 0 Å². The molecule has 2 heterocycles. The fourth-order valence-electron chi connectivity index (χ4n) is 4.58. The van der Waals surface area contributed by atoms with Crippen molar-refractivity contribution in [3.05, 3.63) is 83.3 Å². The lowest BCUT2D eigenvalue weighted by Gasteiger charge is -2.23. The summed E-state index contributed by atoms with van der Waals surface area (Å²) in [7, 11) is 0. The maximum Gasteiger partial charge on any atom is 0.310 e. The van der Waals surface area contributed by atoms with Crippen LogP contribution in [-0.4, -0.2) is 31.4 Å². The summed E-state index contributed by atoms with van der Waals surface area (Å²) in [5.41, 5.74) is 3.28. The minimum atomic E-state index is -1.39. The maximum atomic E-state index is 15.9. The van der Waals surface area contributed by atoms with Gasteiger partial charge in [-0.1, -0.05) is 6.07 Å². The van der Waals surface area contributed by atoms with Gasteiger partial charge >= 0.3 is 5.97 Å². The summed E-state index contributed by atoms with van der Waals surface area (Å²) < 4.78 is 58.1. The molecule has 4 aromatic rings. The van der Waals surface area contributed by atoms with Crippen molar-refractivity contribution in [3.63, 3.8) is 0 Å². The number of esters is 1. The van der Waals surface area contributed by atoms with Crippen LogP contribution in [0.4, 0.5) is 8.78 Å². The quantitative estimate of drug-likeness (QED) is 0.151. The van der Waals surface area contributed by atoms with E-state index in [9.17, 15) is 13.7 Å². The molecule has 1 atom stereocenters. The van der Waals surface area contributed by atoms with Crippen molar-refractivity contribution < 1.29 is 27.6 Å². The van der Waals surface area contributed by atoms with Crippen molar-refractivity contribution in [2.24, 2.45) is 0 Å². The lowest BCUT2D eigenvalue weighted by molar-refractivity contribution is -0.142. The summed E-state index contributed by atoms with van der Waals surface area (Å²) >= 11 is -1.39. The van der Waals surface area contributed by atoms with Crippen molar-refractivity contribution in [3.8, 4) is 16.9 Å². The number of nitrogens with one attached hydrogen (secondary N) is 1.